The number of nitrogens with zero attached hydrogens (tertiary/aromatic N) is 5. The van der Waals surface area contributed by atoms with Crippen molar-refractivity contribution < 1.29 is 63.8 Å². The van der Waals surface area contributed by atoms with Gasteiger partial charge in [-0.15, -0.1) is 0 Å². The number of amides is 1. The lowest BCUT2D eigenvalue weighted by molar-refractivity contribution is -0.438. The number of allylic oxidation sites excluding steroid dienone is 8. The van der Waals surface area contributed by atoms with E-state index in [2.05, 4.69) is 193 Å². The summed E-state index contributed by atoms with van der Waals surface area (Å²) < 4.78 is 103. The van der Waals surface area contributed by atoms with Gasteiger partial charge in [0.05, 0.1) is 102 Å². The second-order valence-electron chi connectivity index (χ2n) is 29.9. The SMILES string of the molecule is Cc1nn(-c2ccc(C(N)=O)c(NCCCOCCOCCOCCOCCOCCCN(Cc3ccc(C4=C(/C=C/C5=[N+](CCCCS(=O)(=O)O)c6ccccc6C5(C)C)CCC/C4=C\C=C4\N(CCCCS(=O)(=O)[O-])c5ccccc5C4(C)C)cc3)Cc3cccc(I)c3)c2)c2c1C(=O)CC(C)(C)C2. The number of hydrogen-bond acceptors (Lipinski definition) is 16. The number of rotatable bonds is 41. The Balaban J connectivity index is 0.713. The number of carbonyl (C=O) groups is 2. The molecule has 0 saturated heterocycles. The minimum absolute atomic E-state index is 0.107. The van der Waals surface area contributed by atoms with Crippen LogP contribution < -0.4 is 16.0 Å². The number of Topliss-reactive ketones (excluding diaryl/α,β-unsaturated/α-hetero) is 1. The average Bonchev–Trinajstić information content (AvgIpc) is 1.61. The first kappa shape index (κ1) is 81.5. The summed E-state index contributed by atoms with van der Waals surface area (Å²) in [6.45, 7) is 23.6. The Hall–Kier alpha value is -7.01. The molecule has 0 unspecified atom stereocenters. The van der Waals surface area contributed by atoms with Crippen molar-refractivity contribution >= 4 is 82.9 Å². The molecule has 23 heteroatoms. The van der Waals surface area contributed by atoms with Gasteiger partial charge >= 0.3 is 0 Å². The minimum atomic E-state index is -4.33. The van der Waals surface area contributed by atoms with E-state index in [4.69, 9.17) is 34.5 Å². The van der Waals surface area contributed by atoms with Crippen LogP contribution in [0, 0.1) is 15.9 Å². The summed E-state index contributed by atoms with van der Waals surface area (Å²) >= 11 is 2.38. The number of aryl methyl sites for hydroxylation is 1. The number of ketones is 1. The van der Waals surface area contributed by atoms with Gasteiger partial charge in [0.15, 0.2) is 11.5 Å². The summed E-state index contributed by atoms with van der Waals surface area (Å²) in [5, 5.41) is 8.08. The fourth-order valence-corrected chi connectivity index (χ4v) is 16.9. The maximum absolute atomic E-state index is 13.0. The Kier molecular flexibility index (Phi) is 28.8. The van der Waals surface area contributed by atoms with Crippen molar-refractivity contribution in [3.8, 4) is 5.69 Å². The molecule has 0 radical (unpaired) electrons. The molecular formula is C83H106IN7O13S2. The first-order valence-corrected chi connectivity index (χ1v) is 41.5. The molecule has 0 bridgehead atoms. The Morgan fingerprint density at radius 2 is 1.36 bits per heavy atom. The van der Waals surface area contributed by atoms with E-state index in [-0.39, 0.29) is 34.2 Å². The second kappa shape index (κ2) is 37.4. The average molecular weight is 1600 g/mol. The van der Waals surface area contributed by atoms with Gasteiger partial charge in [-0.1, -0.05) is 113 Å². The van der Waals surface area contributed by atoms with Gasteiger partial charge < -0.3 is 44.2 Å². The standard InChI is InChI=1S/C83H106IN7O13S2/c1-60-78-74(56-81(2,3)57-75(78)92)91(87-60)67-34-35-68(80(85)93)71(55-67)86-38-18-42-100-44-46-102-48-50-104-51-49-103-47-45-101-43-19-39-88(59-62-20-16-23-66(84)54-62)58-61-28-30-65(31-29-61)79-63(32-36-76-82(4,5)69-24-8-10-26-72(69)89(76)40-12-14-52-105(94,95)96)21-17-22-64(79)33-37-77-83(6,7)70-25-9-11-27-73(70)90(77)41-13-15-53-106(97,98)99/h8-11,16,20,23-37,54-55H,12-15,17-19,21-22,38-53,56-59H2,1-7H3,(H4-,85,86,93,94,95,96,97,98,99). The first-order chi connectivity index (χ1) is 50.7. The van der Waals surface area contributed by atoms with Gasteiger partial charge in [-0.2, -0.15) is 18.1 Å². The molecule has 5 aromatic carbocycles. The fraction of sp³-hybridized carbons (Fsp3) is 0.470. The van der Waals surface area contributed by atoms with Gasteiger partial charge in [-0.25, -0.2) is 13.1 Å². The second-order valence-corrected chi connectivity index (χ2v) is 34.2. The van der Waals surface area contributed by atoms with E-state index in [0.717, 1.165) is 85.0 Å². The number of halogens is 1. The summed E-state index contributed by atoms with van der Waals surface area (Å²) in [7, 11) is -8.42. The van der Waals surface area contributed by atoms with E-state index in [1.165, 1.54) is 42.5 Å². The zero-order valence-electron chi connectivity index (χ0n) is 62.6. The summed E-state index contributed by atoms with van der Waals surface area (Å²) in [6, 6.07) is 39.9. The number of aromatic nitrogens is 2. The van der Waals surface area contributed by atoms with Crippen LogP contribution in [-0.2, 0) is 74.3 Å². The molecule has 0 saturated carbocycles. The lowest BCUT2D eigenvalue weighted by Gasteiger charge is -2.29. The van der Waals surface area contributed by atoms with Crippen LogP contribution in [0.3, 0.4) is 0 Å². The van der Waals surface area contributed by atoms with Crippen LogP contribution in [0.4, 0.5) is 17.1 Å². The quantitative estimate of drug-likeness (QED) is 0.0139. The molecule has 20 nitrogen and oxygen atoms in total. The number of carbonyl (C=O) groups excluding carboxylic acids is 2. The van der Waals surface area contributed by atoms with Gasteiger partial charge in [0.2, 0.25) is 5.69 Å². The van der Waals surface area contributed by atoms with Crippen molar-refractivity contribution in [1.82, 2.24) is 14.7 Å². The number of benzene rings is 5. The summed E-state index contributed by atoms with van der Waals surface area (Å²) in [6.07, 6.45) is 16.2. The lowest BCUT2D eigenvalue weighted by atomic mass is 9.75. The molecule has 1 aromatic heterocycles. The molecule has 1 amide bonds. The maximum Gasteiger partial charge on any atom is 0.264 e. The smallest absolute Gasteiger partial charge is 0.264 e. The lowest BCUT2D eigenvalue weighted by Crippen LogP contribution is -2.28. The van der Waals surface area contributed by atoms with E-state index in [1.54, 1.807) is 6.07 Å². The van der Waals surface area contributed by atoms with Gasteiger partial charge in [0, 0.05) is 108 Å². The highest BCUT2D eigenvalue weighted by atomic mass is 127. The Morgan fingerprint density at radius 3 is 2.04 bits per heavy atom. The number of hydrogen-bond donors (Lipinski definition) is 3. The molecule has 2 aliphatic heterocycles. The van der Waals surface area contributed by atoms with Crippen LogP contribution in [-0.4, -0.2) is 166 Å². The van der Waals surface area contributed by atoms with Crippen molar-refractivity contribution in [2.45, 2.75) is 143 Å². The number of nitrogens with one attached hydrogen (secondary N) is 1. The third kappa shape index (κ3) is 22.1. The first-order valence-electron chi connectivity index (χ1n) is 37.3. The van der Waals surface area contributed by atoms with E-state index in [1.807, 2.05) is 35.9 Å². The number of ether oxygens (including phenoxy) is 5. The molecule has 0 spiro atoms. The largest absolute Gasteiger partial charge is 0.748 e. The van der Waals surface area contributed by atoms with Gasteiger partial charge in [-0.05, 0) is 188 Å². The zero-order chi connectivity index (χ0) is 75.7. The minimum Gasteiger partial charge on any atom is -0.748 e. The number of primary amides is 1. The van der Waals surface area contributed by atoms with Crippen LogP contribution >= 0.6 is 22.6 Å². The predicted molar refractivity (Wildman–Crippen MR) is 426 cm³/mol. The van der Waals surface area contributed by atoms with E-state index >= 15 is 0 Å². The van der Waals surface area contributed by atoms with Crippen LogP contribution in [0.1, 0.15) is 166 Å². The van der Waals surface area contributed by atoms with Crippen LogP contribution in [0.15, 0.2) is 156 Å². The van der Waals surface area contributed by atoms with Gasteiger partial charge in [-0.3, -0.25) is 19.0 Å². The molecule has 6 aromatic rings. The molecule has 106 heavy (non-hydrogen) atoms. The molecule has 570 valence electrons. The van der Waals surface area contributed by atoms with Crippen LogP contribution in [0.25, 0.3) is 11.3 Å². The molecule has 2 aliphatic carbocycles. The molecule has 4 aliphatic rings. The van der Waals surface area contributed by atoms with Crippen molar-refractivity contribution in [2.75, 3.05) is 114 Å². The molecule has 3 heterocycles. The number of fused-ring (bicyclic) bond motifs is 3. The van der Waals surface area contributed by atoms with Crippen LogP contribution in [0.5, 0.6) is 0 Å². The van der Waals surface area contributed by atoms with Crippen molar-refractivity contribution in [1.29, 1.82) is 0 Å². The third-order valence-electron chi connectivity index (χ3n) is 20.3. The zero-order valence-corrected chi connectivity index (χ0v) is 66.4. The topological polar surface area (TPSA) is 257 Å². The number of nitrogens with two attached hydrogens (primary N) is 1. The van der Waals surface area contributed by atoms with Crippen molar-refractivity contribution in [3.05, 3.63) is 210 Å². The normalized spacial score (nSPS) is 17.0. The van der Waals surface area contributed by atoms with E-state index in [0.29, 0.717) is 147 Å². The number of para-hydroxylation sites is 2. The van der Waals surface area contributed by atoms with Crippen molar-refractivity contribution in [3.63, 3.8) is 0 Å². The van der Waals surface area contributed by atoms with E-state index in [9.17, 15) is 35.5 Å². The molecule has 10 rings (SSSR count). The highest BCUT2D eigenvalue weighted by molar-refractivity contribution is 14.1. The molecule has 0 atom stereocenters. The van der Waals surface area contributed by atoms with Gasteiger partial charge in [0.25, 0.3) is 16.0 Å². The number of unbranched alkanes of at least 4 members (excludes halogenated alkanes) is 2. The third-order valence-corrected chi connectivity index (χ3v) is 22.6. The summed E-state index contributed by atoms with van der Waals surface area (Å²) in [5.41, 5.74) is 22.8. The summed E-state index contributed by atoms with van der Waals surface area (Å²) in [5.74, 6) is -1.11. The Bertz CT molecular complexity index is 4460. The monoisotopic (exact) mass is 1600 g/mol. The molecule has 4 N–H and O–H groups in total. The molecular weight excluding hydrogens is 1490 g/mol. The maximum atomic E-state index is 13.0. The van der Waals surface area contributed by atoms with Gasteiger partial charge in [0.1, 0.15) is 6.54 Å². The van der Waals surface area contributed by atoms with Crippen LogP contribution in [0.2, 0.25) is 0 Å². The van der Waals surface area contributed by atoms with E-state index < -0.39 is 31.9 Å². The predicted octanol–water partition coefficient (Wildman–Crippen LogP) is 14.2. The fourth-order valence-electron chi connectivity index (χ4n) is 15.1. The van der Waals surface area contributed by atoms with Crippen molar-refractivity contribution in [2.24, 2.45) is 11.1 Å². The highest BCUT2D eigenvalue weighted by Gasteiger charge is 2.45. The summed E-state index contributed by atoms with van der Waals surface area (Å²) in [4.78, 5) is 30.2. The Morgan fingerprint density at radius 1 is 0.708 bits per heavy atom. The highest BCUT2D eigenvalue weighted by Crippen LogP contribution is 2.49. The Labute approximate surface area is 641 Å². The number of anilines is 2. The molecule has 0 fully saturated rings.